The van der Waals surface area contributed by atoms with E-state index in [0.29, 0.717) is 5.56 Å². The third kappa shape index (κ3) is 2.55. The molecule has 5 heteroatoms. The summed E-state index contributed by atoms with van der Waals surface area (Å²) in [5.74, 6) is 0.710. The van der Waals surface area contributed by atoms with Crippen molar-refractivity contribution in [2.75, 3.05) is 12.0 Å². The van der Waals surface area contributed by atoms with Gasteiger partial charge < -0.3 is 9.30 Å². The second-order valence-electron chi connectivity index (χ2n) is 6.02. The van der Waals surface area contributed by atoms with Crippen molar-refractivity contribution in [1.82, 2.24) is 4.57 Å². The van der Waals surface area contributed by atoms with Gasteiger partial charge in [0.05, 0.1) is 24.5 Å². The number of methoxy groups -OCH3 is 1. The number of aromatic nitrogens is 1. The van der Waals surface area contributed by atoms with Gasteiger partial charge in [-0.1, -0.05) is 15.9 Å². The fourth-order valence-electron chi connectivity index (χ4n) is 3.35. The lowest BCUT2D eigenvalue weighted by molar-refractivity contribution is 0.0976. The molecule has 0 N–H and O–H groups in total. The van der Waals surface area contributed by atoms with Gasteiger partial charge in [0.1, 0.15) is 5.75 Å². The predicted octanol–water partition coefficient (Wildman–Crippen LogP) is 4.97. The van der Waals surface area contributed by atoms with Gasteiger partial charge in [0.2, 0.25) is 0 Å². The maximum Gasteiger partial charge on any atom is 0.258 e. The van der Waals surface area contributed by atoms with Gasteiger partial charge in [-0.3, -0.25) is 9.69 Å². The van der Waals surface area contributed by atoms with Gasteiger partial charge in [0.15, 0.2) is 0 Å². The molecule has 4 nitrogen and oxygen atoms in total. The average Bonchev–Trinajstić information content (AvgIpc) is 3.12. The second-order valence-corrected chi connectivity index (χ2v) is 6.93. The van der Waals surface area contributed by atoms with E-state index in [1.165, 1.54) is 0 Å². The van der Waals surface area contributed by atoms with E-state index >= 15 is 0 Å². The van der Waals surface area contributed by atoms with Crippen LogP contribution in [0.5, 0.6) is 5.75 Å². The molecule has 0 radical (unpaired) electrons. The molecule has 3 aromatic rings. The molecule has 25 heavy (non-hydrogen) atoms. The number of ether oxygens (including phenoxy) is 1. The number of carbonyl (C=O) groups excluding carboxylic acids is 1. The minimum Gasteiger partial charge on any atom is -0.497 e. The molecule has 0 saturated heterocycles. The highest BCUT2D eigenvalue weighted by atomic mass is 79.9. The third-order valence-corrected chi connectivity index (χ3v) is 5.10. The Bertz CT molecular complexity index is 947. The normalized spacial score (nSPS) is 15.5. The van der Waals surface area contributed by atoms with E-state index in [9.17, 15) is 4.79 Å². The fourth-order valence-corrected chi connectivity index (χ4v) is 3.70. The highest BCUT2D eigenvalue weighted by Gasteiger charge is 2.32. The molecule has 4 rings (SSSR count). The van der Waals surface area contributed by atoms with Crippen molar-refractivity contribution >= 4 is 27.5 Å². The minimum absolute atomic E-state index is 0.0260. The molecule has 0 fully saturated rings. The van der Waals surface area contributed by atoms with Crippen LogP contribution < -0.4 is 9.64 Å². The lowest BCUT2D eigenvalue weighted by Crippen LogP contribution is -2.38. The van der Waals surface area contributed by atoms with Gasteiger partial charge in [-0.25, -0.2) is 0 Å². The number of hydrogen-bond acceptors (Lipinski definition) is 2. The van der Waals surface area contributed by atoms with Crippen LogP contribution in [-0.2, 0) is 0 Å². The number of carbonyl (C=O) groups is 1. The Hall–Kier alpha value is -2.53. The van der Waals surface area contributed by atoms with E-state index in [1.54, 1.807) is 19.2 Å². The van der Waals surface area contributed by atoms with Crippen LogP contribution in [0.3, 0.4) is 0 Å². The van der Waals surface area contributed by atoms with Crippen molar-refractivity contribution in [2.24, 2.45) is 0 Å². The Morgan fingerprint density at radius 2 is 1.84 bits per heavy atom. The second kappa shape index (κ2) is 6.08. The Kier molecular flexibility index (Phi) is 3.88. The summed E-state index contributed by atoms with van der Waals surface area (Å²) >= 11 is 3.53. The predicted molar refractivity (Wildman–Crippen MR) is 102 cm³/mol. The topological polar surface area (TPSA) is 34.5 Å². The van der Waals surface area contributed by atoms with Crippen molar-refractivity contribution in [3.05, 3.63) is 76.5 Å². The molecule has 0 spiro atoms. The summed E-state index contributed by atoms with van der Waals surface area (Å²) in [7, 11) is 1.62. The maximum atomic E-state index is 13.3. The van der Waals surface area contributed by atoms with Crippen LogP contribution in [0.2, 0.25) is 0 Å². The summed E-state index contributed by atoms with van der Waals surface area (Å²) < 4.78 is 8.28. The molecule has 1 aliphatic rings. The molecule has 0 bridgehead atoms. The summed E-state index contributed by atoms with van der Waals surface area (Å²) in [4.78, 5) is 15.1. The van der Waals surface area contributed by atoms with Crippen molar-refractivity contribution in [1.29, 1.82) is 0 Å². The van der Waals surface area contributed by atoms with Crippen LogP contribution in [0.1, 0.15) is 29.0 Å². The number of nitrogens with zero attached hydrogens (tertiary/aromatic N) is 2. The van der Waals surface area contributed by atoms with Gasteiger partial charge in [0.25, 0.3) is 5.91 Å². The van der Waals surface area contributed by atoms with E-state index in [-0.39, 0.29) is 11.9 Å². The fraction of sp³-hybridized carbons (Fsp3) is 0.150. The molecule has 0 aliphatic carbocycles. The number of hydrogen-bond donors (Lipinski definition) is 0. The Balaban J connectivity index is 1.83. The SMILES string of the molecule is COc1ccc(C(=O)N2c3cc(Br)ccc3-n3cccc3C2C)cc1. The Labute approximate surface area is 154 Å². The van der Waals surface area contributed by atoms with Crippen LogP contribution >= 0.6 is 15.9 Å². The van der Waals surface area contributed by atoms with E-state index in [0.717, 1.165) is 27.3 Å². The van der Waals surface area contributed by atoms with E-state index < -0.39 is 0 Å². The molecule has 1 aromatic heterocycles. The maximum absolute atomic E-state index is 13.3. The molecule has 126 valence electrons. The first-order valence-electron chi connectivity index (χ1n) is 8.05. The molecule has 1 aliphatic heterocycles. The van der Waals surface area contributed by atoms with Crippen LogP contribution in [0.4, 0.5) is 5.69 Å². The summed E-state index contributed by atoms with van der Waals surface area (Å²) in [6.07, 6.45) is 2.04. The smallest absolute Gasteiger partial charge is 0.258 e. The number of amides is 1. The van der Waals surface area contributed by atoms with Crippen molar-refractivity contribution in [3.8, 4) is 11.4 Å². The molecular formula is C20H17BrN2O2. The highest BCUT2D eigenvalue weighted by molar-refractivity contribution is 9.10. The number of fused-ring (bicyclic) bond motifs is 3. The van der Waals surface area contributed by atoms with Gasteiger partial charge in [-0.2, -0.15) is 0 Å². The molecule has 1 atom stereocenters. The molecule has 1 unspecified atom stereocenters. The first kappa shape index (κ1) is 16.0. The average molecular weight is 397 g/mol. The number of halogens is 1. The Morgan fingerprint density at radius 3 is 2.56 bits per heavy atom. The summed E-state index contributed by atoms with van der Waals surface area (Å²) in [5, 5.41) is 0. The van der Waals surface area contributed by atoms with Gasteiger partial charge in [-0.15, -0.1) is 0 Å². The largest absolute Gasteiger partial charge is 0.497 e. The lowest BCUT2D eigenvalue weighted by atomic mass is 10.0. The van der Waals surface area contributed by atoms with Crippen LogP contribution in [0.25, 0.3) is 5.69 Å². The third-order valence-electron chi connectivity index (χ3n) is 4.61. The molecule has 2 aromatic carbocycles. The van der Waals surface area contributed by atoms with Gasteiger partial charge in [-0.05, 0) is 61.5 Å². The number of benzene rings is 2. The van der Waals surface area contributed by atoms with Gasteiger partial charge in [0, 0.05) is 21.9 Å². The van der Waals surface area contributed by atoms with Gasteiger partial charge >= 0.3 is 0 Å². The first-order chi connectivity index (χ1) is 12.1. The monoisotopic (exact) mass is 396 g/mol. The van der Waals surface area contributed by atoms with Crippen molar-refractivity contribution < 1.29 is 9.53 Å². The zero-order chi connectivity index (χ0) is 17.6. The summed E-state index contributed by atoms with van der Waals surface area (Å²) in [5.41, 5.74) is 3.63. The van der Waals surface area contributed by atoms with Crippen LogP contribution in [0.15, 0.2) is 65.3 Å². The molecule has 0 saturated carbocycles. The number of anilines is 1. The molecular weight excluding hydrogens is 380 g/mol. The van der Waals surface area contributed by atoms with Crippen molar-refractivity contribution in [2.45, 2.75) is 13.0 Å². The van der Waals surface area contributed by atoms with E-state index in [2.05, 4.69) is 33.5 Å². The van der Waals surface area contributed by atoms with Crippen molar-refractivity contribution in [3.63, 3.8) is 0 Å². The molecule has 2 heterocycles. The summed E-state index contributed by atoms with van der Waals surface area (Å²) in [6, 6.07) is 17.3. The zero-order valence-corrected chi connectivity index (χ0v) is 15.5. The van der Waals surface area contributed by atoms with Crippen LogP contribution in [-0.4, -0.2) is 17.6 Å². The molecule has 1 amide bonds. The van der Waals surface area contributed by atoms with Crippen LogP contribution in [0, 0.1) is 0 Å². The minimum atomic E-state index is -0.0635. The quantitative estimate of drug-likeness (QED) is 0.612. The first-order valence-corrected chi connectivity index (χ1v) is 8.84. The standard InChI is InChI=1S/C20H17BrN2O2/c1-13-17-4-3-11-22(17)18-10-7-15(21)12-19(18)23(13)20(24)14-5-8-16(25-2)9-6-14/h3-13H,1-2H3. The highest BCUT2D eigenvalue weighted by Crippen LogP contribution is 2.41. The summed E-state index contributed by atoms with van der Waals surface area (Å²) in [6.45, 7) is 2.05. The van der Waals surface area contributed by atoms with E-state index in [4.69, 9.17) is 4.74 Å². The van der Waals surface area contributed by atoms with E-state index in [1.807, 2.05) is 47.5 Å². The lowest BCUT2D eigenvalue weighted by Gasteiger charge is -2.36. The zero-order valence-electron chi connectivity index (χ0n) is 13.9. The Morgan fingerprint density at radius 1 is 1.08 bits per heavy atom. The number of rotatable bonds is 2.